The van der Waals surface area contributed by atoms with E-state index in [-0.39, 0.29) is 12.5 Å². The molecule has 1 aliphatic rings. The van der Waals surface area contributed by atoms with Crippen molar-refractivity contribution in [3.63, 3.8) is 0 Å². The molecule has 2 aromatic heterocycles. The average Bonchev–Trinajstić information content (AvgIpc) is 2.95. The van der Waals surface area contributed by atoms with Crippen LogP contribution >= 0.6 is 38.9 Å². The van der Waals surface area contributed by atoms with E-state index in [0.717, 1.165) is 26.8 Å². The fourth-order valence-electron chi connectivity index (χ4n) is 2.14. The fourth-order valence-corrected chi connectivity index (χ4v) is 3.89. The van der Waals surface area contributed by atoms with Gasteiger partial charge in [-0.1, -0.05) is 23.8 Å². The number of nitrogens with two attached hydrogens (primary N) is 1. The summed E-state index contributed by atoms with van der Waals surface area (Å²) in [7, 11) is 1.35. The van der Waals surface area contributed by atoms with Crippen molar-refractivity contribution >= 4 is 60.7 Å². The lowest BCUT2D eigenvalue weighted by Crippen LogP contribution is -2.19. The van der Waals surface area contributed by atoms with Gasteiger partial charge in [0, 0.05) is 17.5 Å². The first kappa shape index (κ1) is 19.2. The summed E-state index contributed by atoms with van der Waals surface area (Å²) in [4.78, 5) is 15.3. The zero-order chi connectivity index (χ0) is 17.5. The molecule has 0 saturated heterocycles. The summed E-state index contributed by atoms with van der Waals surface area (Å²) in [6.45, 7) is 0.0987. The van der Waals surface area contributed by atoms with Crippen molar-refractivity contribution in [2.45, 2.75) is 25.3 Å². The molecule has 0 saturated carbocycles. The third-order valence-electron chi connectivity index (χ3n) is 3.41. The Morgan fingerprint density at radius 3 is 2.96 bits per heavy atom. The number of carbonyl (C=O) groups excluding carboxylic acids is 1. The standard InChI is InChI=1S/C10H8BrClN2O2S.C6H11N/c1-16-8(15)3-13-6-2-7(12)14-9-5(11)4-17-10(6)9;7-6-4-2-1-3-5-6/h2,4H,3H2,1H3,(H,13,14);1-2,6H,3-5,7H2. The molecule has 0 aromatic carbocycles. The van der Waals surface area contributed by atoms with Crippen molar-refractivity contribution in [2.75, 3.05) is 19.0 Å². The van der Waals surface area contributed by atoms with Crippen LogP contribution in [0, 0.1) is 0 Å². The van der Waals surface area contributed by atoms with Crippen LogP contribution in [0.3, 0.4) is 0 Å². The highest BCUT2D eigenvalue weighted by atomic mass is 79.9. The summed E-state index contributed by atoms with van der Waals surface area (Å²) in [5, 5.41) is 5.29. The lowest BCUT2D eigenvalue weighted by atomic mass is 10.0. The molecule has 0 aliphatic heterocycles. The van der Waals surface area contributed by atoms with Gasteiger partial charge < -0.3 is 15.8 Å². The summed E-state index contributed by atoms with van der Waals surface area (Å²) < 4.78 is 6.40. The van der Waals surface area contributed by atoms with E-state index in [9.17, 15) is 4.79 Å². The van der Waals surface area contributed by atoms with E-state index in [1.807, 2.05) is 5.38 Å². The van der Waals surface area contributed by atoms with Crippen LogP contribution in [0.25, 0.3) is 10.2 Å². The Bertz CT molecular complexity index is 735. The van der Waals surface area contributed by atoms with E-state index in [4.69, 9.17) is 17.3 Å². The molecule has 0 fully saturated rings. The van der Waals surface area contributed by atoms with Crippen LogP contribution in [0.15, 0.2) is 28.1 Å². The Balaban J connectivity index is 0.000000249. The molecule has 24 heavy (non-hydrogen) atoms. The largest absolute Gasteiger partial charge is 0.468 e. The number of carbonyl (C=O) groups is 1. The molecule has 130 valence electrons. The van der Waals surface area contributed by atoms with Crippen LogP contribution in [0.4, 0.5) is 5.69 Å². The Labute approximate surface area is 158 Å². The number of allylic oxidation sites excluding steroid dienone is 1. The molecular weight excluding hydrogens is 414 g/mol. The zero-order valence-corrected chi connectivity index (χ0v) is 16.4. The lowest BCUT2D eigenvalue weighted by molar-refractivity contribution is -0.138. The van der Waals surface area contributed by atoms with Crippen molar-refractivity contribution in [1.29, 1.82) is 0 Å². The third kappa shape index (κ3) is 5.44. The smallest absolute Gasteiger partial charge is 0.325 e. The monoisotopic (exact) mass is 431 g/mol. The maximum absolute atomic E-state index is 11.1. The van der Waals surface area contributed by atoms with Crippen molar-refractivity contribution < 1.29 is 9.53 Å². The minimum absolute atomic E-state index is 0.0987. The van der Waals surface area contributed by atoms with E-state index in [1.165, 1.54) is 31.3 Å². The van der Waals surface area contributed by atoms with Crippen LogP contribution < -0.4 is 11.1 Å². The molecule has 2 aromatic rings. The number of fused-ring (bicyclic) bond motifs is 1. The second kappa shape index (κ2) is 9.36. The number of halogens is 2. The molecule has 2 heterocycles. The van der Waals surface area contributed by atoms with Gasteiger partial charge in [0.05, 0.1) is 27.5 Å². The first-order valence-electron chi connectivity index (χ1n) is 7.45. The molecule has 1 unspecified atom stereocenters. The number of anilines is 1. The van der Waals surface area contributed by atoms with Crippen LogP contribution in [0.2, 0.25) is 5.15 Å². The summed E-state index contributed by atoms with van der Waals surface area (Å²) in [6, 6.07) is 2.14. The van der Waals surface area contributed by atoms with Gasteiger partial charge in [0.2, 0.25) is 0 Å². The molecule has 5 nitrogen and oxygen atoms in total. The molecule has 0 amide bonds. The van der Waals surface area contributed by atoms with E-state index >= 15 is 0 Å². The highest BCUT2D eigenvalue weighted by Crippen LogP contribution is 2.35. The summed E-state index contributed by atoms with van der Waals surface area (Å²) >= 11 is 10.8. The summed E-state index contributed by atoms with van der Waals surface area (Å²) in [5.74, 6) is -0.332. The van der Waals surface area contributed by atoms with E-state index < -0.39 is 0 Å². The first-order chi connectivity index (χ1) is 11.5. The number of esters is 1. The van der Waals surface area contributed by atoms with Crippen LogP contribution in [0.5, 0.6) is 0 Å². The molecule has 1 aliphatic carbocycles. The van der Waals surface area contributed by atoms with Gasteiger partial charge in [0.1, 0.15) is 11.7 Å². The van der Waals surface area contributed by atoms with Crippen molar-refractivity contribution in [2.24, 2.45) is 5.73 Å². The summed E-state index contributed by atoms with van der Waals surface area (Å²) in [5.41, 5.74) is 7.15. The van der Waals surface area contributed by atoms with E-state index in [1.54, 1.807) is 6.07 Å². The highest BCUT2D eigenvalue weighted by molar-refractivity contribution is 9.10. The molecule has 0 radical (unpaired) electrons. The molecule has 3 rings (SSSR count). The maximum atomic E-state index is 11.1. The normalized spacial score (nSPS) is 16.4. The Kier molecular flexibility index (Phi) is 7.48. The quantitative estimate of drug-likeness (QED) is 0.428. The molecule has 8 heteroatoms. The SMILES string of the molecule is COC(=O)CNc1cc(Cl)nc2c(Br)csc12.NC1CC=CCC1. The van der Waals surface area contributed by atoms with Gasteiger partial charge in [0.25, 0.3) is 0 Å². The Hall–Kier alpha value is -1.15. The number of thiophene rings is 1. The third-order valence-corrected chi connectivity index (χ3v) is 5.51. The van der Waals surface area contributed by atoms with Crippen molar-refractivity contribution in [1.82, 2.24) is 4.98 Å². The molecular formula is C16H19BrClN3O2S. The molecule has 0 bridgehead atoms. The van der Waals surface area contributed by atoms with Gasteiger partial charge in [-0.3, -0.25) is 4.79 Å². The average molecular weight is 433 g/mol. The predicted molar refractivity (Wildman–Crippen MR) is 104 cm³/mol. The van der Waals surface area contributed by atoms with Gasteiger partial charge in [-0.25, -0.2) is 4.98 Å². The number of hydrogen-bond acceptors (Lipinski definition) is 6. The van der Waals surface area contributed by atoms with Crippen LogP contribution in [-0.2, 0) is 9.53 Å². The number of pyridine rings is 1. The van der Waals surface area contributed by atoms with Gasteiger partial charge >= 0.3 is 5.97 Å². The van der Waals surface area contributed by atoms with Gasteiger partial charge in [0.15, 0.2) is 0 Å². The molecule has 1 atom stereocenters. The second-order valence-electron chi connectivity index (χ2n) is 5.23. The fraction of sp³-hybridized carbons (Fsp3) is 0.375. The van der Waals surface area contributed by atoms with E-state index in [0.29, 0.717) is 11.2 Å². The van der Waals surface area contributed by atoms with E-state index in [2.05, 4.69) is 43.1 Å². The predicted octanol–water partition coefficient (Wildman–Crippen LogP) is 4.35. The van der Waals surface area contributed by atoms with Crippen molar-refractivity contribution in [3.05, 3.63) is 33.2 Å². The number of hydrogen-bond donors (Lipinski definition) is 2. The van der Waals surface area contributed by atoms with Gasteiger partial charge in [-0.2, -0.15) is 0 Å². The highest BCUT2D eigenvalue weighted by Gasteiger charge is 2.11. The van der Waals surface area contributed by atoms with Crippen LogP contribution in [-0.4, -0.2) is 30.6 Å². The van der Waals surface area contributed by atoms with Crippen molar-refractivity contribution in [3.8, 4) is 0 Å². The number of nitrogens with zero attached hydrogens (tertiary/aromatic N) is 1. The Morgan fingerprint density at radius 1 is 1.58 bits per heavy atom. The minimum Gasteiger partial charge on any atom is -0.468 e. The lowest BCUT2D eigenvalue weighted by Gasteiger charge is -2.09. The number of methoxy groups -OCH3 is 1. The molecule has 0 spiro atoms. The summed E-state index contributed by atoms with van der Waals surface area (Å²) in [6.07, 6.45) is 7.80. The number of ether oxygens (including phenoxy) is 1. The molecule has 3 N–H and O–H groups in total. The minimum atomic E-state index is -0.332. The maximum Gasteiger partial charge on any atom is 0.325 e. The number of rotatable bonds is 3. The number of aromatic nitrogens is 1. The number of nitrogens with one attached hydrogen (secondary N) is 1. The first-order valence-corrected chi connectivity index (χ1v) is 9.50. The van der Waals surface area contributed by atoms with Gasteiger partial charge in [-0.15, -0.1) is 11.3 Å². The van der Waals surface area contributed by atoms with Gasteiger partial charge in [-0.05, 0) is 35.2 Å². The Morgan fingerprint density at radius 2 is 2.38 bits per heavy atom. The topological polar surface area (TPSA) is 77.2 Å². The zero-order valence-electron chi connectivity index (χ0n) is 13.2. The second-order valence-corrected chi connectivity index (χ2v) is 7.35. The van der Waals surface area contributed by atoms with Crippen LogP contribution in [0.1, 0.15) is 19.3 Å².